The molecule has 0 radical (unpaired) electrons. The topological polar surface area (TPSA) is 58.3 Å². The number of halogens is 1. The van der Waals surface area contributed by atoms with Crippen molar-refractivity contribution in [2.45, 2.75) is 25.8 Å². The Bertz CT molecular complexity index is 525. The van der Waals surface area contributed by atoms with Crippen molar-refractivity contribution in [3.63, 3.8) is 0 Å². The number of benzene rings is 1. The lowest BCUT2D eigenvalue weighted by Gasteiger charge is -2.07. The Morgan fingerprint density at radius 1 is 1.17 bits per heavy atom. The van der Waals surface area contributed by atoms with E-state index in [0.29, 0.717) is 17.9 Å². The lowest BCUT2D eigenvalue weighted by molar-refractivity contribution is 0.277. The lowest BCUT2D eigenvalue weighted by Crippen LogP contribution is -2.06. The molecule has 0 amide bonds. The van der Waals surface area contributed by atoms with Crippen LogP contribution in [0, 0.1) is 0 Å². The highest BCUT2D eigenvalue weighted by molar-refractivity contribution is 6.31. The Labute approximate surface area is 111 Å². The summed E-state index contributed by atoms with van der Waals surface area (Å²) >= 11 is 5.96. The van der Waals surface area contributed by atoms with Gasteiger partial charge in [0, 0.05) is 31.2 Å². The average molecular weight is 269 g/mol. The molecule has 0 fully saturated rings. The number of hydrogen-bond acceptors (Lipinski definition) is 3. The molecule has 0 aliphatic heterocycles. The number of hydrogen-bond donors (Lipinski definition) is 2. The summed E-state index contributed by atoms with van der Waals surface area (Å²) in [4.78, 5) is 4.55. The number of nitrogens with zero attached hydrogens (tertiary/aromatic N) is 2. The molecular formula is C13H17ClN2O2. The maximum absolute atomic E-state index is 8.95. The van der Waals surface area contributed by atoms with Gasteiger partial charge >= 0.3 is 0 Å². The van der Waals surface area contributed by atoms with Crippen LogP contribution in [0.15, 0.2) is 18.2 Å². The van der Waals surface area contributed by atoms with Gasteiger partial charge in [-0.1, -0.05) is 11.6 Å². The third-order valence-electron chi connectivity index (χ3n) is 2.89. The van der Waals surface area contributed by atoms with Gasteiger partial charge in [0.25, 0.3) is 0 Å². The number of rotatable bonds is 6. The van der Waals surface area contributed by atoms with Crippen molar-refractivity contribution >= 4 is 22.6 Å². The van der Waals surface area contributed by atoms with E-state index in [4.69, 9.17) is 21.8 Å². The van der Waals surface area contributed by atoms with Crippen LogP contribution in [0.2, 0.25) is 5.02 Å². The van der Waals surface area contributed by atoms with E-state index in [-0.39, 0.29) is 13.2 Å². The quantitative estimate of drug-likeness (QED) is 0.842. The van der Waals surface area contributed by atoms with Gasteiger partial charge in [-0.25, -0.2) is 4.98 Å². The highest BCUT2D eigenvalue weighted by Crippen LogP contribution is 2.21. The first-order valence-electron chi connectivity index (χ1n) is 6.12. The molecule has 98 valence electrons. The molecule has 2 rings (SSSR count). The van der Waals surface area contributed by atoms with Gasteiger partial charge in [-0.3, -0.25) is 0 Å². The molecule has 0 saturated heterocycles. The molecule has 0 aliphatic carbocycles. The van der Waals surface area contributed by atoms with E-state index >= 15 is 0 Å². The van der Waals surface area contributed by atoms with Crippen LogP contribution in [0.5, 0.6) is 0 Å². The van der Waals surface area contributed by atoms with E-state index in [0.717, 1.165) is 29.8 Å². The smallest absolute Gasteiger partial charge is 0.109 e. The highest BCUT2D eigenvalue weighted by atomic mass is 35.5. The van der Waals surface area contributed by atoms with Crippen molar-refractivity contribution in [3.05, 3.63) is 29.0 Å². The van der Waals surface area contributed by atoms with E-state index < -0.39 is 0 Å². The van der Waals surface area contributed by atoms with Crippen LogP contribution in [-0.4, -0.2) is 33.0 Å². The number of aryl methyl sites for hydroxylation is 2. The van der Waals surface area contributed by atoms with Gasteiger partial charge in [0.05, 0.1) is 11.0 Å². The molecule has 18 heavy (non-hydrogen) atoms. The third-order valence-corrected chi connectivity index (χ3v) is 3.12. The predicted octanol–water partition coefficient (Wildman–Crippen LogP) is 2.00. The third kappa shape index (κ3) is 2.83. The molecule has 1 aromatic carbocycles. The molecule has 1 heterocycles. The van der Waals surface area contributed by atoms with Crippen molar-refractivity contribution in [2.24, 2.45) is 0 Å². The van der Waals surface area contributed by atoms with Gasteiger partial charge in [0.2, 0.25) is 0 Å². The Hall–Kier alpha value is -1.10. The largest absolute Gasteiger partial charge is 0.396 e. The molecule has 0 bridgehead atoms. The second-order valence-electron chi connectivity index (χ2n) is 4.22. The molecule has 0 unspecified atom stereocenters. The van der Waals surface area contributed by atoms with Gasteiger partial charge in [-0.15, -0.1) is 0 Å². The zero-order chi connectivity index (χ0) is 13.0. The van der Waals surface area contributed by atoms with E-state index in [1.807, 2.05) is 18.2 Å². The summed E-state index contributed by atoms with van der Waals surface area (Å²) in [6.07, 6.45) is 2.12. The van der Waals surface area contributed by atoms with E-state index in [9.17, 15) is 0 Å². The standard InChI is InChI=1S/C13H17ClN2O2/c14-10-4-5-12-11(9-10)15-13(3-1-7-17)16(12)6-2-8-18/h4-5,9,17-18H,1-3,6-8H2. The molecule has 2 aromatic rings. The lowest BCUT2D eigenvalue weighted by atomic mass is 10.3. The van der Waals surface area contributed by atoms with Crippen LogP contribution in [0.25, 0.3) is 11.0 Å². The Balaban J connectivity index is 2.39. The Kier molecular flexibility index (Phi) is 4.58. The molecule has 0 atom stereocenters. The summed E-state index contributed by atoms with van der Waals surface area (Å²) in [5, 5.41) is 18.5. The minimum Gasteiger partial charge on any atom is -0.396 e. The maximum atomic E-state index is 8.95. The predicted molar refractivity (Wildman–Crippen MR) is 71.9 cm³/mol. The minimum absolute atomic E-state index is 0.157. The van der Waals surface area contributed by atoms with Crippen molar-refractivity contribution in [2.75, 3.05) is 13.2 Å². The zero-order valence-electron chi connectivity index (χ0n) is 10.1. The molecular weight excluding hydrogens is 252 g/mol. The summed E-state index contributed by atoms with van der Waals surface area (Å²) in [5.74, 6) is 0.940. The number of imidazole rings is 1. The van der Waals surface area contributed by atoms with Crippen molar-refractivity contribution in [3.8, 4) is 0 Å². The fourth-order valence-electron chi connectivity index (χ4n) is 2.06. The van der Waals surface area contributed by atoms with Gasteiger partial charge in [-0.05, 0) is 31.0 Å². The zero-order valence-corrected chi connectivity index (χ0v) is 10.9. The Morgan fingerprint density at radius 2 is 1.94 bits per heavy atom. The first-order valence-corrected chi connectivity index (χ1v) is 6.50. The fourth-order valence-corrected chi connectivity index (χ4v) is 2.23. The molecule has 5 heteroatoms. The van der Waals surface area contributed by atoms with E-state index in [1.165, 1.54) is 0 Å². The van der Waals surface area contributed by atoms with Crippen molar-refractivity contribution < 1.29 is 10.2 Å². The van der Waals surface area contributed by atoms with Gasteiger partial charge in [-0.2, -0.15) is 0 Å². The molecule has 4 nitrogen and oxygen atoms in total. The monoisotopic (exact) mass is 268 g/mol. The molecule has 2 N–H and O–H groups in total. The van der Waals surface area contributed by atoms with Crippen LogP contribution >= 0.6 is 11.6 Å². The summed E-state index contributed by atoms with van der Waals surface area (Å²) in [7, 11) is 0. The normalized spacial score (nSPS) is 11.3. The van der Waals surface area contributed by atoms with Gasteiger partial charge in [0.15, 0.2) is 0 Å². The number of aliphatic hydroxyl groups excluding tert-OH is 2. The summed E-state index contributed by atoms with van der Waals surface area (Å²) in [6, 6.07) is 5.64. The number of aliphatic hydroxyl groups is 2. The molecule has 0 spiro atoms. The van der Waals surface area contributed by atoms with Crippen LogP contribution in [0.4, 0.5) is 0 Å². The van der Waals surface area contributed by atoms with Crippen LogP contribution in [0.3, 0.4) is 0 Å². The first kappa shape index (κ1) is 13.3. The van der Waals surface area contributed by atoms with Gasteiger partial charge in [0.1, 0.15) is 5.82 Å². The van der Waals surface area contributed by atoms with Crippen LogP contribution < -0.4 is 0 Å². The number of fused-ring (bicyclic) bond motifs is 1. The second-order valence-corrected chi connectivity index (χ2v) is 4.65. The average Bonchev–Trinajstić information content (AvgIpc) is 2.70. The molecule has 0 saturated carbocycles. The molecule has 1 aromatic heterocycles. The fraction of sp³-hybridized carbons (Fsp3) is 0.462. The van der Waals surface area contributed by atoms with Crippen LogP contribution in [-0.2, 0) is 13.0 Å². The SMILES string of the molecule is OCCCc1nc2cc(Cl)ccc2n1CCCO. The van der Waals surface area contributed by atoms with Crippen molar-refractivity contribution in [1.29, 1.82) is 0 Å². The summed E-state index contributed by atoms with van der Waals surface area (Å²) in [5.41, 5.74) is 1.90. The van der Waals surface area contributed by atoms with Gasteiger partial charge < -0.3 is 14.8 Å². The Morgan fingerprint density at radius 3 is 2.67 bits per heavy atom. The maximum Gasteiger partial charge on any atom is 0.109 e. The summed E-state index contributed by atoms with van der Waals surface area (Å²) < 4.78 is 2.09. The van der Waals surface area contributed by atoms with E-state index in [2.05, 4.69) is 9.55 Å². The minimum atomic E-state index is 0.157. The second kappa shape index (κ2) is 6.18. The van der Waals surface area contributed by atoms with Crippen LogP contribution in [0.1, 0.15) is 18.7 Å². The summed E-state index contributed by atoms with van der Waals surface area (Å²) in [6.45, 7) is 1.05. The number of aromatic nitrogens is 2. The van der Waals surface area contributed by atoms with E-state index in [1.54, 1.807) is 0 Å². The molecule has 0 aliphatic rings. The van der Waals surface area contributed by atoms with Crippen molar-refractivity contribution in [1.82, 2.24) is 9.55 Å². The highest BCUT2D eigenvalue weighted by Gasteiger charge is 2.10. The first-order chi connectivity index (χ1) is 8.76.